The molecule has 0 unspecified atom stereocenters. The minimum atomic E-state index is -3.72. The van der Waals surface area contributed by atoms with Gasteiger partial charge < -0.3 is 10.0 Å². The first-order chi connectivity index (χ1) is 12.8. The Balaban J connectivity index is 2.21. The average Bonchev–Trinajstić information content (AvgIpc) is 2.66. The Morgan fingerprint density at radius 2 is 1.74 bits per heavy atom. The molecule has 0 aliphatic heterocycles. The second-order valence-corrected chi connectivity index (χ2v) is 8.24. The van der Waals surface area contributed by atoms with E-state index in [1.54, 1.807) is 43.3 Å². The Hall–Kier alpha value is -2.38. The smallest absolute Gasteiger partial charge is 0.276 e. The first-order valence-electron chi connectivity index (χ1n) is 9.05. The highest BCUT2D eigenvalue weighted by atomic mass is 32.2. The summed E-state index contributed by atoms with van der Waals surface area (Å²) < 4.78 is 24.7. The zero-order valence-electron chi connectivity index (χ0n) is 16.3. The van der Waals surface area contributed by atoms with Gasteiger partial charge in [0.25, 0.3) is 10.0 Å². The van der Waals surface area contributed by atoms with Crippen LogP contribution in [-0.2, 0) is 16.6 Å². The van der Waals surface area contributed by atoms with E-state index in [4.69, 9.17) is 0 Å². The Labute approximate surface area is 161 Å². The molecule has 27 heavy (non-hydrogen) atoms. The highest BCUT2D eigenvalue weighted by Crippen LogP contribution is 2.18. The van der Waals surface area contributed by atoms with Crippen LogP contribution in [0.5, 0.6) is 5.75 Å². The van der Waals surface area contributed by atoms with Gasteiger partial charge in [-0.2, -0.15) is 18.4 Å². The number of hydrogen-bond acceptors (Lipinski definition) is 4. The fourth-order valence-corrected chi connectivity index (χ4v) is 3.54. The zero-order chi connectivity index (χ0) is 20.0. The number of rotatable bonds is 8. The first kappa shape index (κ1) is 20.9. The lowest BCUT2D eigenvalue weighted by Crippen LogP contribution is -3.10. The molecule has 0 bridgehead atoms. The van der Waals surface area contributed by atoms with Crippen LogP contribution < -0.4 is 9.73 Å². The maximum absolute atomic E-state index is 12.4. The summed E-state index contributed by atoms with van der Waals surface area (Å²) in [7, 11) is -3.72. The summed E-state index contributed by atoms with van der Waals surface area (Å²) in [4.78, 5) is 3.79. The van der Waals surface area contributed by atoms with Crippen molar-refractivity contribution in [3.05, 3.63) is 59.2 Å². The molecule has 2 rings (SSSR count). The summed E-state index contributed by atoms with van der Waals surface area (Å²) in [5.74, 6) is 0.242. The number of phenols is 1. The molecular formula is C20H28N3O3S+. The maximum atomic E-state index is 12.4. The van der Waals surface area contributed by atoms with Crippen LogP contribution in [0.3, 0.4) is 0 Å². The van der Waals surface area contributed by atoms with Crippen molar-refractivity contribution in [1.29, 1.82) is 0 Å². The molecule has 146 valence electrons. The molecule has 0 heterocycles. The van der Waals surface area contributed by atoms with Gasteiger partial charge in [0.1, 0.15) is 12.3 Å². The molecule has 7 heteroatoms. The standard InChI is InChI=1S/C20H27N3O3S/c1-5-23(6-2)14-18-13-17(9-12-20(18)24)16(4)21-22-27(25,26)19-10-7-15(3)8-11-19/h7-13,22,24H,5-6,14H2,1-4H3/p+1/b21-16+. The van der Waals surface area contributed by atoms with Crippen LogP contribution in [0.15, 0.2) is 52.5 Å². The Bertz CT molecular complexity index is 903. The van der Waals surface area contributed by atoms with E-state index in [-0.39, 0.29) is 10.6 Å². The number of nitrogens with one attached hydrogen (secondary N) is 2. The minimum Gasteiger partial charge on any atom is -0.507 e. The van der Waals surface area contributed by atoms with Crippen molar-refractivity contribution in [2.24, 2.45) is 5.10 Å². The Morgan fingerprint density at radius 1 is 1.11 bits per heavy atom. The third-order valence-corrected chi connectivity index (χ3v) is 5.83. The van der Waals surface area contributed by atoms with Crippen LogP contribution in [0, 0.1) is 6.92 Å². The third kappa shape index (κ3) is 5.55. The number of aryl methyl sites for hydroxylation is 1. The molecule has 0 atom stereocenters. The van der Waals surface area contributed by atoms with E-state index in [0.29, 0.717) is 12.3 Å². The predicted molar refractivity (Wildman–Crippen MR) is 108 cm³/mol. The lowest BCUT2D eigenvalue weighted by atomic mass is 10.1. The van der Waals surface area contributed by atoms with Gasteiger partial charge in [0.15, 0.2) is 0 Å². The monoisotopic (exact) mass is 390 g/mol. The van der Waals surface area contributed by atoms with Crippen LogP contribution >= 0.6 is 0 Å². The van der Waals surface area contributed by atoms with Crippen molar-refractivity contribution in [1.82, 2.24) is 4.83 Å². The molecule has 0 radical (unpaired) electrons. The van der Waals surface area contributed by atoms with Gasteiger partial charge in [-0.15, -0.1) is 0 Å². The van der Waals surface area contributed by atoms with Gasteiger partial charge in [-0.1, -0.05) is 17.7 Å². The zero-order valence-corrected chi connectivity index (χ0v) is 17.1. The molecule has 0 spiro atoms. The fourth-order valence-electron chi connectivity index (χ4n) is 2.68. The number of quaternary nitrogens is 1. The summed E-state index contributed by atoms with van der Waals surface area (Å²) in [5.41, 5.74) is 3.10. The lowest BCUT2D eigenvalue weighted by Gasteiger charge is -2.16. The van der Waals surface area contributed by atoms with Gasteiger partial charge in [-0.25, -0.2) is 0 Å². The summed E-state index contributed by atoms with van der Waals surface area (Å²) in [6, 6.07) is 11.8. The van der Waals surface area contributed by atoms with Crippen molar-refractivity contribution in [3.8, 4) is 5.75 Å². The highest BCUT2D eigenvalue weighted by Gasteiger charge is 2.14. The molecule has 6 nitrogen and oxygen atoms in total. The molecule has 0 saturated heterocycles. The number of sulfonamides is 1. The second kappa shape index (κ2) is 9.01. The molecule has 0 saturated carbocycles. The van der Waals surface area contributed by atoms with Crippen molar-refractivity contribution in [3.63, 3.8) is 0 Å². The summed E-state index contributed by atoms with van der Waals surface area (Å²) >= 11 is 0. The van der Waals surface area contributed by atoms with Crippen LogP contribution in [0.1, 0.15) is 37.5 Å². The van der Waals surface area contributed by atoms with Gasteiger partial charge in [0.05, 0.1) is 23.7 Å². The lowest BCUT2D eigenvalue weighted by molar-refractivity contribution is -0.910. The maximum Gasteiger partial charge on any atom is 0.276 e. The van der Waals surface area contributed by atoms with Gasteiger partial charge in [0, 0.05) is 5.56 Å². The van der Waals surface area contributed by atoms with Crippen molar-refractivity contribution in [2.75, 3.05) is 13.1 Å². The second-order valence-electron chi connectivity index (χ2n) is 6.58. The van der Waals surface area contributed by atoms with Crippen molar-refractivity contribution >= 4 is 15.7 Å². The summed E-state index contributed by atoms with van der Waals surface area (Å²) in [6.45, 7) is 10.5. The number of phenolic OH excluding ortho intramolecular Hbond substituents is 1. The van der Waals surface area contributed by atoms with E-state index < -0.39 is 10.0 Å². The summed E-state index contributed by atoms with van der Waals surface area (Å²) in [5, 5.41) is 14.2. The van der Waals surface area contributed by atoms with Gasteiger partial charge in [-0.05, 0) is 63.6 Å². The van der Waals surface area contributed by atoms with E-state index in [2.05, 4.69) is 23.8 Å². The fraction of sp³-hybridized carbons (Fsp3) is 0.350. The minimum absolute atomic E-state index is 0.168. The molecule has 0 aliphatic carbocycles. The van der Waals surface area contributed by atoms with E-state index in [0.717, 1.165) is 29.8 Å². The molecular weight excluding hydrogens is 362 g/mol. The van der Waals surface area contributed by atoms with Crippen LogP contribution in [0.25, 0.3) is 0 Å². The van der Waals surface area contributed by atoms with Gasteiger partial charge in [0.2, 0.25) is 0 Å². The largest absolute Gasteiger partial charge is 0.507 e. The molecule has 0 fully saturated rings. The number of aromatic hydroxyl groups is 1. The first-order valence-corrected chi connectivity index (χ1v) is 10.5. The number of hydrogen-bond donors (Lipinski definition) is 3. The van der Waals surface area contributed by atoms with E-state index in [1.165, 1.54) is 4.90 Å². The number of hydrazone groups is 1. The van der Waals surface area contributed by atoms with Crippen LogP contribution in [0.4, 0.5) is 0 Å². The third-order valence-electron chi connectivity index (χ3n) is 4.60. The average molecular weight is 391 g/mol. The quantitative estimate of drug-likeness (QED) is 0.475. The Kier molecular flexibility index (Phi) is 6.98. The van der Waals surface area contributed by atoms with Gasteiger partial charge in [-0.3, -0.25) is 0 Å². The van der Waals surface area contributed by atoms with Crippen molar-refractivity contribution < 1.29 is 18.4 Å². The molecule has 2 aromatic rings. The molecule has 0 aromatic heterocycles. The normalized spacial score (nSPS) is 12.4. The SMILES string of the molecule is CC[NH+](CC)Cc1cc(/C(C)=N/NS(=O)(=O)c2ccc(C)cc2)ccc1O. The number of nitrogens with zero attached hydrogens (tertiary/aromatic N) is 1. The van der Waals surface area contributed by atoms with E-state index in [1.807, 2.05) is 13.0 Å². The Morgan fingerprint density at radius 3 is 2.33 bits per heavy atom. The molecule has 3 N–H and O–H groups in total. The molecule has 2 aromatic carbocycles. The molecule has 0 amide bonds. The van der Waals surface area contributed by atoms with Crippen LogP contribution in [-0.4, -0.2) is 32.3 Å². The summed E-state index contributed by atoms with van der Waals surface area (Å²) in [6.07, 6.45) is 0. The van der Waals surface area contributed by atoms with Crippen LogP contribution in [0.2, 0.25) is 0 Å². The van der Waals surface area contributed by atoms with E-state index in [9.17, 15) is 13.5 Å². The van der Waals surface area contributed by atoms with Gasteiger partial charge >= 0.3 is 0 Å². The van der Waals surface area contributed by atoms with E-state index >= 15 is 0 Å². The number of benzene rings is 2. The molecule has 0 aliphatic rings. The predicted octanol–water partition coefficient (Wildman–Crippen LogP) is 1.83. The highest BCUT2D eigenvalue weighted by molar-refractivity contribution is 7.89. The topological polar surface area (TPSA) is 83.2 Å². The van der Waals surface area contributed by atoms with Crippen molar-refractivity contribution in [2.45, 2.75) is 39.1 Å².